The molecule has 0 N–H and O–H groups in total. The first kappa shape index (κ1) is 16.2. The van der Waals surface area contributed by atoms with Crippen molar-refractivity contribution in [3.63, 3.8) is 0 Å². The first-order valence-electron chi connectivity index (χ1n) is 8.98. The van der Waals surface area contributed by atoms with E-state index in [-0.39, 0.29) is 11.8 Å². The molecule has 2 aliphatic rings. The number of likely N-dealkylation sites (N-methyl/N-ethyl adjacent to an activating group) is 1. The van der Waals surface area contributed by atoms with Gasteiger partial charge in [-0.2, -0.15) is 0 Å². The predicted molar refractivity (Wildman–Crippen MR) is 102 cm³/mol. The zero-order valence-corrected chi connectivity index (χ0v) is 14.9. The van der Waals surface area contributed by atoms with Gasteiger partial charge in [0.05, 0.1) is 6.04 Å². The normalized spacial score (nSPS) is 21.0. The molecule has 1 fully saturated rings. The third-order valence-corrected chi connectivity index (χ3v) is 5.42. The lowest BCUT2D eigenvalue weighted by Crippen LogP contribution is -2.46. The summed E-state index contributed by atoms with van der Waals surface area (Å²) in [7, 11) is 2.18. The van der Waals surface area contributed by atoms with E-state index in [1.807, 2.05) is 6.07 Å². The zero-order valence-electron chi connectivity index (χ0n) is 14.9. The van der Waals surface area contributed by atoms with Crippen molar-refractivity contribution < 1.29 is 4.79 Å². The molecule has 25 heavy (non-hydrogen) atoms. The Morgan fingerprint density at radius 1 is 0.920 bits per heavy atom. The number of rotatable bonds is 2. The van der Waals surface area contributed by atoms with Gasteiger partial charge in [0.25, 0.3) is 0 Å². The van der Waals surface area contributed by atoms with Crippen molar-refractivity contribution in [3.8, 4) is 0 Å². The van der Waals surface area contributed by atoms with Gasteiger partial charge in [0.15, 0.2) is 5.78 Å². The largest absolute Gasteiger partial charge is 0.304 e. The molecule has 0 saturated carbocycles. The smallest absolute Gasteiger partial charge is 0.160 e. The highest BCUT2D eigenvalue weighted by atomic mass is 16.1. The highest BCUT2D eigenvalue weighted by molar-refractivity contribution is 6.25. The fourth-order valence-electron chi connectivity index (χ4n) is 4.04. The van der Waals surface area contributed by atoms with Gasteiger partial charge in [-0.05, 0) is 42.3 Å². The summed E-state index contributed by atoms with van der Waals surface area (Å²) in [5, 5.41) is 0. The topological polar surface area (TPSA) is 23.6 Å². The van der Waals surface area contributed by atoms with Crippen LogP contribution in [-0.4, -0.2) is 48.8 Å². The molecule has 0 aromatic heterocycles. The number of carbonyl (C=O) groups excluding carboxylic acids is 1. The molecule has 1 saturated heterocycles. The Labute approximate surface area is 149 Å². The fraction of sp³-hybridized carbons (Fsp3) is 0.318. The van der Waals surface area contributed by atoms with E-state index in [0.29, 0.717) is 0 Å². The van der Waals surface area contributed by atoms with Gasteiger partial charge in [-0.15, -0.1) is 0 Å². The molecule has 1 aliphatic heterocycles. The first-order chi connectivity index (χ1) is 12.1. The van der Waals surface area contributed by atoms with Crippen LogP contribution in [0.2, 0.25) is 0 Å². The zero-order chi connectivity index (χ0) is 17.4. The summed E-state index contributed by atoms with van der Waals surface area (Å²) < 4.78 is 0. The van der Waals surface area contributed by atoms with Crippen molar-refractivity contribution in [2.45, 2.75) is 13.0 Å². The number of ketones is 1. The van der Waals surface area contributed by atoms with Gasteiger partial charge in [-0.1, -0.05) is 48.5 Å². The quantitative estimate of drug-likeness (QED) is 0.841. The molecule has 1 aliphatic carbocycles. The summed E-state index contributed by atoms with van der Waals surface area (Å²) in [4.78, 5) is 17.3. The van der Waals surface area contributed by atoms with Crippen LogP contribution in [0.25, 0.3) is 11.6 Å². The molecule has 4 rings (SSSR count). The van der Waals surface area contributed by atoms with Crippen molar-refractivity contribution in [1.29, 1.82) is 0 Å². The van der Waals surface area contributed by atoms with E-state index in [9.17, 15) is 4.79 Å². The molecule has 0 spiro atoms. The van der Waals surface area contributed by atoms with E-state index >= 15 is 0 Å². The summed E-state index contributed by atoms with van der Waals surface area (Å²) in [6.07, 6.45) is 2.08. The van der Waals surface area contributed by atoms with Crippen LogP contribution >= 0.6 is 0 Å². The Morgan fingerprint density at radius 2 is 1.56 bits per heavy atom. The monoisotopic (exact) mass is 332 g/mol. The van der Waals surface area contributed by atoms with Crippen LogP contribution in [0.3, 0.4) is 0 Å². The third kappa shape index (κ3) is 2.94. The average molecular weight is 332 g/mol. The standard InChI is InChI=1S/C22H24N2O/c1-16(25)21-15-17-7-3-4-8-18(17)22(20-10-6-5-9-19(20)21)24-13-11-23(2)12-14-24/h3-10,15,22H,11-14H2,1-2H3. The van der Waals surface area contributed by atoms with E-state index in [0.717, 1.165) is 42.9 Å². The highest BCUT2D eigenvalue weighted by Crippen LogP contribution is 2.40. The number of hydrogen-bond donors (Lipinski definition) is 0. The Kier molecular flexibility index (Phi) is 4.28. The molecule has 1 unspecified atom stereocenters. The lowest BCUT2D eigenvalue weighted by molar-refractivity contribution is -0.111. The van der Waals surface area contributed by atoms with Gasteiger partial charge < -0.3 is 4.90 Å². The van der Waals surface area contributed by atoms with Crippen molar-refractivity contribution in [2.24, 2.45) is 0 Å². The number of nitrogens with zero attached hydrogens (tertiary/aromatic N) is 2. The molecule has 0 bridgehead atoms. The van der Waals surface area contributed by atoms with Gasteiger partial charge in [-0.25, -0.2) is 0 Å². The summed E-state index contributed by atoms with van der Waals surface area (Å²) in [6.45, 7) is 5.90. The summed E-state index contributed by atoms with van der Waals surface area (Å²) in [5.41, 5.74) is 5.61. The van der Waals surface area contributed by atoms with E-state index in [2.05, 4.69) is 65.4 Å². The molecular formula is C22H24N2O. The molecule has 1 atom stereocenters. The number of piperazine rings is 1. The van der Waals surface area contributed by atoms with E-state index < -0.39 is 0 Å². The maximum absolute atomic E-state index is 12.4. The SMILES string of the molecule is CC(=O)C1=Cc2ccccc2C(N2CCN(C)CC2)c2ccccc21. The molecule has 3 nitrogen and oxygen atoms in total. The van der Waals surface area contributed by atoms with E-state index in [4.69, 9.17) is 0 Å². The van der Waals surface area contributed by atoms with Crippen molar-refractivity contribution in [3.05, 3.63) is 70.8 Å². The number of carbonyl (C=O) groups is 1. The summed E-state index contributed by atoms with van der Waals surface area (Å²) >= 11 is 0. The molecule has 1 heterocycles. The molecular weight excluding hydrogens is 308 g/mol. The van der Waals surface area contributed by atoms with Crippen LogP contribution in [0.1, 0.15) is 35.2 Å². The van der Waals surface area contributed by atoms with Gasteiger partial charge in [-0.3, -0.25) is 9.69 Å². The number of benzene rings is 2. The molecule has 2 aromatic carbocycles. The number of fused-ring (bicyclic) bond motifs is 2. The second kappa shape index (κ2) is 6.58. The highest BCUT2D eigenvalue weighted by Gasteiger charge is 2.31. The van der Waals surface area contributed by atoms with Crippen LogP contribution < -0.4 is 0 Å². The van der Waals surface area contributed by atoms with Gasteiger partial charge >= 0.3 is 0 Å². The molecule has 2 aromatic rings. The fourth-order valence-corrected chi connectivity index (χ4v) is 4.04. The predicted octanol–water partition coefficient (Wildman–Crippen LogP) is 3.47. The van der Waals surface area contributed by atoms with Crippen LogP contribution in [-0.2, 0) is 4.79 Å². The van der Waals surface area contributed by atoms with Crippen molar-refractivity contribution in [2.75, 3.05) is 33.2 Å². The van der Waals surface area contributed by atoms with Gasteiger partial charge in [0.1, 0.15) is 0 Å². The average Bonchev–Trinajstić information content (AvgIpc) is 2.77. The minimum atomic E-state index is 0.126. The van der Waals surface area contributed by atoms with Crippen molar-refractivity contribution >= 4 is 17.4 Å². The van der Waals surface area contributed by atoms with Crippen molar-refractivity contribution in [1.82, 2.24) is 9.80 Å². The lowest BCUT2D eigenvalue weighted by atomic mass is 9.90. The molecule has 128 valence electrons. The third-order valence-electron chi connectivity index (χ3n) is 5.42. The van der Waals surface area contributed by atoms with Crippen LogP contribution in [0.15, 0.2) is 48.5 Å². The lowest BCUT2D eigenvalue weighted by Gasteiger charge is -2.39. The second-order valence-corrected chi connectivity index (χ2v) is 7.07. The number of Topliss-reactive ketones (excluding diaryl/α,β-unsaturated/α-hetero) is 1. The number of hydrogen-bond acceptors (Lipinski definition) is 3. The molecule has 0 radical (unpaired) electrons. The maximum Gasteiger partial charge on any atom is 0.160 e. The maximum atomic E-state index is 12.4. The van der Waals surface area contributed by atoms with E-state index in [1.165, 1.54) is 11.1 Å². The van der Waals surface area contributed by atoms with Crippen LogP contribution in [0.5, 0.6) is 0 Å². The van der Waals surface area contributed by atoms with Gasteiger partial charge in [0, 0.05) is 31.8 Å². The number of allylic oxidation sites excluding steroid dienone is 1. The Hall–Kier alpha value is -2.23. The second-order valence-electron chi connectivity index (χ2n) is 7.07. The first-order valence-corrected chi connectivity index (χ1v) is 8.98. The Balaban J connectivity index is 1.91. The molecule has 0 amide bonds. The van der Waals surface area contributed by atoms with Crippen LogP contribution in [0.4, 0.5) is 0 Å². The minimum absolute atomic E-state index is 0.126. The summed E-state index contributed by atoms with van der Waals surface area (Å²) in [6, 6.07) is 17.1. The van der Waals surface area contributed by atoms with Crippen LogP contribution in [0, 0.1) is 0 Å². The van der Waals surface area contributed by atoms with E-state index in [1.54, 1.807) is 6.92 Å². The molecule has 3 heteroatoms. The minimum Gasteiger partial charge on any atom is -0.304 e. The Morgan fingerprint density at radius 3 is 2.28 bits per heavy atom. The van der Waals surface area contributed by atoms with Gasteiger partial charge in [0.2, 0.25) is 0 Å². The Bertz CT molecular complexity index is 831. The summed E-state index contributed by atoms with van der Waals surface area (Å²) in [5.74, 6) is 0.126.